The number of rotatable bonds is 2. The van der Waals surface area contributed by atoms with Gasteiger partial charge in [0.1, 0.15) is 5.82 Å². The van der Waals surface area contributed by atoms with Gasteiger partial charge in [0.15, 0.2) is 0 Å². The van der Waals surface area contributed by atoms with Gasteiger partial charge in [0.2, 0.25) is 5.65 Å². The zero-order valence-electron chi connectivity index (χ0n) is 15.9. The molecule has 0 spiro atoms. The van der Waals surface area contributed by atoms with Gasteiger partial charge in [0.05, 0.1) is 28.0 Å². The van der Waals surface area contributed by atoms with E-state index in [1.807, 2.05) is 0 Å². The van der Waals surface area contributed by atoms with Gasteiger partial charge in [-0.15, -0.1) is 5.10 Å². The van der Waals surface area contributed by atoms with Crippen LogP contribution in [0.2, 0.25) is 0 Å². The van der Waals surface area contributed by atoms with E-state index in [1.54, 1.807) is 37.3 Å². The zero-order valence-corrected chi connectivity index (χ0v) is 15.9. The predicted octanol–water partition coefficient (Wildman–Crippen LogP) is 3.04. The van der Waals surface area contributed by atoms with Gasteiger partial charge in [-0.25, -0.2) is 19.3 Å². The summed E-state index contributed by atoms with van der Waals surface area (Å²) in [5.74, 6) is 0.308. The third kappa shape index (κ3) is 2.93. The van der Waals surface area contributed by atoms with Gasteiger partial charge in [-0.1, -0.05) is 30.3 Å². The fraction of sp³-hybridized carbons (Fsp3) is 0.100. The van der Waals surface area contributed by atoms with Crippen LogP contribution in [0.25, 0.3) is 33.8 Å². The SMILES string of the molecule is Cc1cn(-c2cc3c(cc2C(F)(F)F)[nH]c(=O)c2n[nH]c(=O)n23)c(-c2ccccc2)n1. The van der Waals surface area contributed by atoms with Crippen molar-refractivity contribution < 1.29 is 13.2 Å². The maximum absolute atomic E-state index is 14.0. The first-order valence-corrected chi connectivity index (χ1v) is 9.10. The van der Waals surface area contributed by atoms with Gasteiger partial charge in [0, 0.05) is 11.8 Å². The summed E-state index contributed by atoms with van der Waals surface area (Å²) in [5, 5.41) is 5.80. The maximum Gasteiger partial charge on any atom is 0.418 e. The fourth-order valence-electron chi connectivity index (χ4n) is 3.61. The summed E-state index contributed by atoms with van der Waals surface area (Å²) in [6, 6.07) is 10.8. The lowest BCUT2D eigenvalue weighted by Gasteiger charge is -2.17. The number of alkyl halides is 3. The molecule has 2 aromatic carbocycles. The molecule has 8 nitrogen and oxygen atoms in total. The number of hydrogen-bond acceptors (Lipinski definition) is 4. The third-order valence-electron chi connectivity index (χ3n) is 4.90. The Kier molecular flexibility index (Phi) is 3.91. The Morgan fingerprint density at radius 1 is 1.06 bits per heavy atom. The number of imidazole rings is 1. The molecule has 3 heterocycles. The molecule has 0 amide bonds. The van der Waals surface area contributed by atoms with Crippen LogP contribution in [0.3, 0.4) is 0 Å². The third-order valence-corrected chi connectivity index (χ3v) is 4.90. The molecule has 0 fully saturated rings. The van der Waals surface area contributed by atoms with E-state index in [1.165, 1.54) is 16.8 Å². The van der Waals surface area contributed by atoms with Gasteiger partial charge in [-0.3, -0.25) is 9.36 Å². The Morgan fingerprint density at radius 3 is 2.52 bits per heavy atom. The molecule has 156 valence electrons. The molecule has 0 bridgehead atoms. The quantitative estimate of drug-likeness (QED) is 0.453. The van der Waals surface area contributed by atoms with Crippen molar-refractivity contribution in [3.63, 3.8) is 0 Å². The lowest BCUT2D eigenvalue weighted by atomic mass is 10.1. The number of aryl methyl sites for hydroxylation is 1. The van der Waals surface area contributed by atoms with Crippen LogP contribution in [-0.2, 0) is 6.18 Å². The van der Waals surface area contributed by atoms with Crippen molar-refractivity contribution >= 4 is 16.7 Å². The molecule has 0 aliphatic heterocycles. The van der Waals surface area contributed by atoms with Crippen LogP contribution in [0.1, 0.15) is 11.3 Å². The molecule has 0 aliphatic rings. The second kappa shape index (κ2) is 6.42. The number of hydrogen-bond donors (Lipinski definition) is 2. The summed E-state index contributed by atoms with van der Waals surface area (Å²) in [6.45, 7) is 1.67. The molecule has 31 heavy (non-hydrogen) atoms. The van der Waals surface area contributed by atoms with E-state index in [9.17, 15) is 22.8 Å². The Labute approximate surface area is 170 Å². The lowest BCUT2D eigenvalue weighted by molar-refractivity contribution is -0.137. The topological polar surface area (TPSA) is 101 Å². The van der Waals surface area contributed by atoms with Crippen LogP contribution in [0.4, 0.5) is 13.2 Å². The minimum atomic E-state index is -4.73. The van der Waals surface area contributed by atoms with E-state index in [0.29, 0.717) is 17.1 Å². The summed E-state index contributed by atoms with van der Waals surface area (Å²) in [7, 11) is 0. The maximum atomic E-state index is 14.0. The molecule has 0 saturated heterocycles. The highest BCUT2D eigenvalue weighted by Crippen LogP contribution is 2.37. The smallest absolute Gasteiger partial charge is 0.317 e. The Hall–Kier alpha value is -4.15. The summed E-state index contributed by atoms with van der Waals surface area (Å²) >= 11 is 0. The van der Waals surface area contributed by atoms with Gasteiger partial charge in [-0.05, 0) is 19.1 Å². The van der Waals surface area contributed by atoms with Crippen LogP contribution < -0.4 is 11.2 Å². The van der Waals surface area contributed by atoms with E-state index >= 15 is 0 Å². The van der Waals surface area contributed by atoms with Crippen LogP contribution in [0.15, 0.2) is 58.3 Å². The van der Waals surface area contributed by atoms with E-state index in [-0.39, 0.29) is 22.4 Å². The van der Waals surface area contributed by atoms with Crippen molar-refractivity contribution in [3.8, 4) is 17.1 Å². The minimum absolute atomic E-state index is 0.0710. The molecule has 5 aromatic rings. The number of fused-ring (bicyclic) bond motifs is 3. The molecule has 5 rings (SSSR count). The molecule has 0 atom stereocenters. The summed E-state index contributed by atoms with van der Waals surface area (Å²) in [5.41, 5.74) is -1.92. The number of nitrogens with one attached hydrogen (secondary N) is 2. The lowest BCUT2D eigenvalue weighted by Crippen LogP contribution is -2.19. The van der Waals surface area contributed by atoms with Gasteiger partial charge in [0.25, 0.3) is 5.56 Å². The molecule has 3 aromatic heterocycles. The first kappa shape index (κ1) is 18.9. The van der Waals surface area contributed by atoms with Crippen molar-refractivity contribution in [1.29, 1.82) is 0 Å². The molecular weight excluding hydrogens is 413 g/mol. The number of aromatic amines is 2. The van der Waals surface area contributed by atoms with Crippen LogP contribution in [0, 0.1) is 6.92 Å². The van der Waals surface area contributed by atoms with Crippen molar-refractivity contribution in [2.24, 2.45) is 0 Å². The fourth-order valence-corrected chi connectivity index (χ4v) is 3.61. The Morgan fingerprint density at radius 2 is 1.81 bits per heavy atom. The highest BCUT2D eigenvalue weighted by atomic mass is 19.4. The highest BCUT2D eigenvalue weighted by Gasteiger charge is 2.35. The molecule has 0 unspecified atom stereocenters. The number of benzene rings is 2. The molecular formula is C20H13F3N6O2. The standard InChI is InChI=1S/C20H13F3N6O2/c1-10-9-28(16(24-10)11-5-3-2-4-6-11)14-8-15-13(7-12(14)20(21,22)23)25-18(30)17-26-27-19(31)29(15)17/h2-9H,1H3,(H,25,30)(H,27,31). The van der Waals surface area contributed by atoms with Crippen LogP contribution in [0.5, 0.6) is 0 Å². The highest BCUT2D eigenvalue weighted by molar-refractivity contribution is 5.82. The molecule has 0 aliphatic carbocycles. The number of halogens is 3. The first-order chi connectivity index (χ1) is 14.7. The molecule has 0 radical (unpaired) electrons. The zero-order chi connectivity index (χ0) is 21.9. The van der Waals surface area contributed by atoms with E-state index in [0.717, 1.165) is 10.5 Å². The van der Waals surface area contributed by atoms with Crippen LogP contribution >= 0.6 is 0 Å². The Bertz CT molecular complexity index is 1570. The normalized spacial score (nSPS) is 12.1. The van der Waals surface area contributed by atoms with Gasteiger partial charge < -0.3 is 4.98 Å². The average Bonchev–Trinajstić information content (AvgIpc) is 3.31. The summed E-state index contributed by atoms with van der Waals surface area (Å²) in [4.78, 5) is 31.1. The average molecular weight is 426 g/mol. The predicted molar refractivity (Wildman–Crippen MR) is 106 cm³/mol. The minimum Gasteiger partial charge on any atom is -0.317 e. The van der Waals surface area contributed by atoms with Crippen LogP contribution in [-0.4, -0.2) is 29.1 Å². The van der Waals surface area contributed by atoms with E-state index in [2.05, 4.69) is 20.2 Å². The Balaban J connectivity index is 1.93. The first-order valence-electron chi connectivity index (χ1n) is 9.10. The number of aromatic nitrogens is 6. The number of nitrogens with zero attached hydrogens (tertiary/aromatic N) is 4. The van der Waals surface area contributed by atoms with Crippen molar-refractivity contribution in [2.75, 3.05) is 0 Å². The van der Waals surface area contributed by atoms with Gasteiger partial charge in [-0.2, -0.15) is 13.2 Å². The second-order valence-corrected chi connectivity index (χ2v) is 6.97. The van der Waals surface area contributed by atoms with E-state index in [4.69, 9.17) is 0 Å². The molecule has 2 N–H and O–H groups in total. The van der Waals surface area contributed by atoms with Crippen molar-refractivity contribution in [2.45, 2.75) is 13.1 Å². The van der Waals surface area contributed by atoms with Gasteiger partial charge >= 0.3 is 11.9 Å². The molecule has 0 saturated carbocycles. The number of H-pyrrole nitrogens is 2. The largest absolute Gasteiger partial charge is 0.418 e. The summed E-state index contributed by atoms with van der Waals surface area (Å²) < 4.78 is 44.3. The van der Waals surface area contributed by atoms with E-state index < -0.39 is 23.0 Å². The monoisotopic (exact) mass is 426 g/mol. The second-order valence-electron chi connectivity index (χ2n) is 6.97. The van der Waals surface area contributed by atoms with Crippen molar-refractivity contribution in [3.05, 3.63) is 80.8 Å². The van der Waals surface area contributed by atoms with Crippen molar-refractivity contribution in [1.82, 2.24) is 29.1 Å². The molecule has 11 heteroatoms. The summed E-state index contributed by atoms with van der Waals surface area (Å²) in [6.07, 6.45) is -3.25.